The molecular weight excluding hydrogens is 298 g/mol. The third-order valence-corrected chi connectivity index (χ3v) is 3.51. The molecule has 2 N–H and O–H groups in total. The molecule has 9 heteroatoms. The zero-order valence-corrected chi connectivity index (χ0v) is 11.9. The standard InChI is InChI=1S/C12H11N3O5S/c1-19-8-3-6(4-10-11(16)14-12(13)21-10)7(15(17)18)5-9(8)20-2/h3-5H,1-2H3,(H2,13,14,16). The monoisotopic (exact) mass is 309 g/mol. The number of nitrogens with zero attached hydrogens (tertiary/aromatic N) is 1. The third kappa shape index (κ3) is 2.97. The van der Waals surface area contributed by atoms with Crippen molar-refractivity contribution in [2.24, 2.45) is 0 Å². The van der Waals surface area contributed by atoms with E-state index in [9.17, 15) is 14.9 Å². The Bertz CT molecular complexity index is 671. The number of amidine groups is 1. The van der Waals surface area contributed by atoms with Gasteiger partial charge in [-0.3, -0.25) is 20.3 Å². The van der Waals surface area contributed by atoms with Gasteiger partial charge >= 0.3 is 0 Å². The summed E-state index contributed by atoms with van der Waals surface area (Å²) < 4.78 is 10.1. The molecule has 1 aliphatic heterocycles. The van der Waals surface area contributed by atoms with E-state index in [1.54, 1.807) is 0 Å². The second-order valence-corrected chi connectivity index (χ2v) is 4.97. The zero-order chi connectivity index (χ0) is 15.6. The summed E-state index contributed by atoms with van der Waals surface area (Å²) in [7, 11) is 2.79. The molecule has 0 unspecified atom stereocenters. The number of nitrogens with one attached hydrogen (secondary N) is 2. The van der Waals surface area contributed by atoms with Crippen LogP contribution in [0.1, 0.15) is 5.56 Å². The summed E-state index contributed by atoms with van der Waals surface area (Å²) in [5.41, 5.74) is -0.0167. The number of ether oxygens (including phenoxy) is 2. The van der Waals surface area contributed by atoms with Gasteiger partial charge in [-0.15, -0.1) is 0 Å². The van der Waals surface area contributed by atoms with Gasteiger partial charge in [0.25, 0.3) is 11.6 Å². The number of carbonyl (C=O) groups is 1. The number of rotatable bonds is 4. The smallest absolute Gasteiger partial charge is 0.280 e. The number of methoxy groups -OCH3 is 2. The summed E-state index contributed by atoms with van der Waals surface area (Å²) in [6, 6.07) is 2.65. The Balaban J connectivity index is 2.56. The van der Waals surface area contributed by atoms with E-state index < -0.39 is 10.8 Å². The molecule has 8 nitrogen and oxygen atoms in total. The molecule has 0 aliphatic carbocycles. The molecule has 0 saturated carbocycles. The average Bonchev–Trinajstić information content (AvgIpc) is 2.76. The zero-order valence-electron chi connectivity index (χ0n) is 11.1. The van der Waals surface area contributed by atoms with Crippen molar-refractivity contribution in [3.05, 3.63) is 32.7 Å². The Hall–Kier alpha value is -2.55. The maximum absolute atomic E-state index is 11.6. The molecule has 1 fully saturated rings. The molecule has 1 amide bonds. The minimum Gasteiger partial charge on any atom is -0.493 e. The molecule has 0 bridgehead atoms. The van der Waals surface area contributed by atoms with Gasteiger partial charge < -0.3 is 14.8 Å². The predicted molar refractivity (Wildman–Crippen MR) is 77.6 cm³/mol. The number of nitro benzene ring substituents is 1. The fourth-order valence-electron chi connectivity index (χ4n) is 1.74. The summed E-state index contributed by atoms with van der Waals surface area (Å²) in [4.78, 5) is 22.4. The molecule has 0 aromatic heterocycles. The lowest BCUT2D eigenvalue weighted by Gasteiger charge is -2.08. The average molecular weight is 309 g/mol. The maximum Gasteiger partial charge on any atom is 0.280 e. The van der Waals surface area contributed by atoms with Crippen LogP contribution in [0, 0.1) is 15.5 Å². The van der Waals surface area contributed by atoms with Crippen LogP contribution in [0.2, 0.25) is 0 Å². The molecule has 1 aliphatic rings. The molecule has 1 heterocycles. The second kappa shape index (κ2) is 5.83. The van der Waals surface area contributed by atoms with Gasteiger partial charge in [0.1, 0.15) is 0 Å². The van der Waals surface area contributed by atoms with Crippen LogP contribution >= 0.6 is 11.8 Å². The van der Waals surface area contributed by atoms with Crippen molar-refractivity contribution in [3.63, 3.8) is 0 Å². The van der Waals surface area contributed by atoms with E-state index in [1.807, 2.05) is 0 Å². The number of amides is 1. The van der Waals surface area contributed by atoms with E-state index in [2.05, 4.69) is 5.32 Å². The van der Waals surface area contributed by atoms with Gasteiger partial charge in [-0.25, -0.2) is 0 Å². The van der Waals surface area contributed by atoms with Crippen LogP contribution in [-0.2, 0) is 4.79 Å². The minimum absolute atomic E-state index is 0.0191. The molecular formula is C12H11N3O5S. The van der Waals surface area contributed by atoms with E-state index in [1.165, 1.54) is 32.4 Å². The van der Waals surface area contributed by atoms with Gasteiger partial charge in [0.2, 0.25) is 0 Å². The lowest BCUT2D eigenvalue weighted by atomic mass is 10.1. The molecule has 1 aromatic rings. The Kier molecular flexibility index (Phi) is 4.13. The van der Waals surface area contributed by atoms with E-state index in [0.29, 0.717) is 5.75 Å². The number of hydrogen-bond donors (Lipinski definition) is 2. The van der Waals surface area contributed by atoms with E-state index in [4.69, 9.17) is 14.9 Å². The first-order chi connectivity index (χ1) is 9.96. The number of thioether (sulfide) groups is 1. The van der Waals surface area contributed by atoms with Crippen molar-refractivity contribution in [2.45, 2.75) is 0 Å². The van der Waals surface area contributed by atoms with Gasteiger partial charge in [0.05, 0.1) is 35.7 Å². The first-order valence-electron chi connectivity index (χ1n) is 5.66. The van der Waals surface area contributed by atoms with E-state index in [-0.39, 0.29) is 27.1 Å². The van der Waals surface area contributed by atoms with Crippen molar-refractivity contribution in [3.8, 4) is 11.5 Å². The predicted octanol–water partition coefficient (Wildman–Crippen LogP) is 1.75. The lowest BCUT2D eigenvalue weighted by molar-refractivity contribution is -0.385. The Morgan fingerprint density at radius 2 is 1.95 bits per heavy atom. The molecule has 0 spiro atoms. The molecule has 1 aromatic carbocycles. The number of nitro groups is 1. The minimum atomic E-state index is -0.572. The molecule has 1 saturated heterocycles. The highest BCUT2D eigenvalue weighted by Crippen LogP contribution is 2.37. The van der Waals surface area contributed by atoms with Gasteiger partial charge in [-0.1, -0.05) is 0 Å². The number of carbonyl (C=O) groups excluding carboxylic acids is 1. The van der Waals surface area contributed by atoms with Crippen LogP contribution < -0.4 is 14.8 Å². The summed E-state index contributed by atoms with van der Waals surface area (Å²) >= 11 is 0.901. The van der Waals surface area contributed by atoms with E-state index in [0.717, 1.165) is 11.8 Å². The summed E-state index contributed by atoms with van der Waals surface area (Å²) in [6.45, 7) is 0. The fourth-order valence-corrected chi connectivity index (χ4v) is 2.43. The highest BCUT2D eigenvalue weighted by molar-refractivity contribution is 8.18. The first kappa shape index (κ1) is 14.9. The highest BCUT2D eigenvalue weighted by Gasteiger charge is 2.25. The fraction of sp³-hybridized carbons (Fsp3) is 0.167. The lowest BCUT2D eigenvalue weighted by Crippen LogP contribution is -2.18. The number of benzene rings is 1. The van der Waals surface area contributed by atoms with Crippen LogP contribution in [0.25, 0.3) is 6.08 Å². The normalized spacial score (nSPS) is 16.0. The van der Waals surface area contributed by atoms with Crippen molar-refractivity contribution >= 4 is 34.6 Å². The molecule has 0 radical (unpaired) electrons. The van der Waals surface area contributed by atoms with Crippen molar-refractivity contribution in [1.82, 2.24) is 5.32 Å². The van der Waals surface area contributed by atoms with Crippen LogP contribution in [0.5, 0.6) is 11.5 Å². The van der Waals surface area contributed by atoms with Crippen LogP contribution in [0.3, 0.4) is 0 Å². The highest BCUT2D eigenvalue weighted by atomic mass is 32.2. The van der Waals surface area contributed by atoms with Crippen molar-refractivity contribution < 1.29 is 19.2 Å². The molecule has 0 atom stereocenters. The molecule has 21 heavy (non-hydrogen) atoms. The van der Waals surface area contributed by atoms with Crippen molar-refractivity contribution in [2.75, 3.05) is 14.2 Å². The number of hydrogen-bond acceptors (Lipinski definition) is 7. The van der Waals surface area contributed by atoms with Gasteiger partial charge in [0, 0.05) is 0 Å². The van der Waals surface area contributed by atoms with E-state index >= 15 is 0 Å². The van der Waals surface area contributed by atoms with Gasteiger partial charge in [0.15, 0.2) is 16.7 Å². The Morgan fingerprint density at radius 1 is 1.33 bits per heavy atom. The Morgan fingerprint density at radius 3 is 2.43 bits per heavy atom. The topological polar surface area (TPSA) is 115 Å². The molecule has 110 valence electrons. The third-order valence-electron chi connectivity index (χ3n) is 2.68. The SMILES string of the molecule is COc1cc(C=C2SC(=N)NC2=O)c([N+](=O)[O-])cc1OC. The van der Waals surface area contributed by atoms with Crippen LogP contribution in [0.15, 0.2) is 17.0 Å². The summed E-state index contributed by atoms with van der Waals surface area (Å²) in [6.07, 6.45) is 1.35. The quantitative estimate of drug-likeness (QED) is 0.497. The summed E-state index contributed by atoms with van der Waals surface area (Å²) in [5.74, 6) is 0.0742. The van der Waals surface area contributed by atoms with Gasteiger partial charge in [-0.2, -0.15) is 0 Å². The maximum atomic E-state index is 11.6. The van der Waals surface area contributed by atoms with Crippen molar-refractivity contribution in [1.29, 1.82) is 5.41 Å². The molecule has 2 rings (SSSR count). The largest absolute Gasteiger partial charge is 0.493 e. The van der Waals surface area contributed by atoms with Crippen LogP contribution in [0.4, 0.5) is 5.69 Å². The van der Waals surface area contributed by atoms with Crippen LogP contribution in [-0.4, -0.2) is 30.2 Å². The summed E-state index contributed by atoms with van der Waals surface area (Å²) in [5, 5.41) is 20.8. The Labute approximate surface area is 123 Å². The van der Waals surface area contributed by atoms with Gasteiger partial charge in [-0.05, 0) is 23.9 Å². The second-order valence-electron chi connectivity index (χ2n) is 3.92. The first-order valence-corrected chi connectivity index (χ1v) is 6.47.